The van der Waals surface area contributed by atoms with Gasteiger partial charge in [-0.15, -0.1) is 0 Å². The van der Waals surface area contributed by atoms with Crippen LogP contribution in [0.1, 0.15) is 24.3 Å². The predicted octanol–water partition coefficient (Wildman–Crippen LogP) is 4.79. The number of benzene rings is 1. The Labute approximate surface area is 122 Å². The van der Waals surface area contributed by atoms with Crippen LogP contribution in [0, 0.1) is 5.82 Å². The molecule has 0 aliphatic rings. The van der Waals surface area contributed by atoms with Crippen LogP contribution < -0.4 is 5.32 Å². The molecule has 0 aliphatic carbocycles. The SMILES string of the molecule is CC(NCc1cc(Br)c(Br)o1)c1cccc(F)c1. The van der Waals surface area contributed by atoms with Crippen molar-refractivity contribution in [2.45, 2.75) is 19.5 Å². The first-order chi connectivity index (χ1) is 8.56. The molecule has 2 rings (SSSR count). The second kappa shape index (κ2) is 5.99. The first-order valence-corrected chi connectivity index (χ1v) is 7.07. The van der Waals surface area contributed by atoms with Crippen molar-refractivity contribution in [1.82, 2.24) is 5.32 Å². The van der Waals surface area contributed by atoms with Crippen LogP contribution in [-0.4, -0.2) is 0 Å². The zero-order chi connectivity index (χ0) is 13.1. The largest absolute Gasteiger partial charge is 0.452 e. The number of nitrogens with one attached hydrogen (secondary N) is 1. The Hall–Kier alpha value is -0.650. The van der Waals surface area contributed by atoms with Crippen LogP contribution in [0.15, 0.2) is 43.9 Å². The molecule has 0 aliphatic heterocycles. The van der Waals surface area contributed by atoms with Crippen molar-refractivity contribution in [1.29, 1.82) is 0 Å². The fourth-order valence-corrected chi connectivity index (χ4v) is 2.28. The van der Waals surface area contributed by atoms with Gasteiger partial charge in [-0.3, -0.25) is 0 Å². The molecule has 1 unspecified atom stereocenters. The third kappa shape index (κ3) is 3.43. The predicted molar refractivity (Wildman–Crippen MR) is 75.8 cm³/mol. The Bertz CT molecular complexity index is 522. The molecule has 5 heteroatoms. The molecule has 1 heterocycles. The van der Waals surface area contributed by atoms with E-state index in [4.69, 9.17) is 4.42 Å². The highest BCUT2D eigenvalue weighted by atomic mass is 79.9. The van der Waals surface area contributed by atoms with Gasteiger partial charge in [-0.1, -0.05) is 12.1 Å². The Morgan fingerprint density at radius 1 is 1.33 bits per heavy atom. The van der Waals surface area contributed by atoms with Crippen LogP contribution in [0.25, 0.3) is 0 Å². The van der Waals surface area contributed by atoms with E-state index < -0.39 is 0 Å². The fourth-order valence-electron chi connectivity index (χ4n) is 1.63. The maximum atomic E-state index is 13.1. The summed E-state index contributed by atoms with van der Waals surface area (Å²) in [5.74, 6) is 0.599. The molecule has 0 saturated heterocycles. The van der Waals surface area contributed by atoms with Gasteiger partial charge in [0.2, 0.25) is 0 Å². The molecule has 1 aromatic heterocycles. The molecule has 0 saturated carbocycles. The van der Waals surface area contributed by atoms with Gasteiger partial charge in [0.15, 0.2) is 4.67 Å². The smallest absolute Gasteiger partial charge is 0.183 e. The fraction of sp³-hybridized carbons (Fsp3) is 0.231. The van der Waals surface area contributed by atoms with Gasteiger partial charge >= 0.3 is 0 Å². The van der Waals surface area contributed by atoms with Gasteiger partial charge in [0.05, 0.1) is 11.0 Å². The minimum absolute atomic E-state index is 0.0587. The molecule has 96 valence electrons. The Morgan fingerprint density at radius 2 is 2.11 bits per heavy atom. The summed E-state index contributed by atoms with van der Waals surface area (Å²) in [6, 6.07) is 8.54. The van der Waals surface area contributed by atoms with Crippen molar-refractivity contribution >= 4 is 31.9 Å². The van der Waals surface area contributed by atoms with E-state index in [0.717, 1.165) is 15.8 Å². The summed E-state index contributed by atoms with van der Waals surface area (Å²) >= 11 is 6.65. The molecule has 2 aromatic rings. The summed E-state index contributed by atoms with van der Waals surface area (Å²) in [5, 5.41) is 3.28. The Kier molecular flexibility index (Phi) is 4.59. The quantitative estimate of drug-likeness (QED) is 0.829. The number of rotatable bonds is 4. The summed E-state index contributed by atoms with van der Waals surface area (Å²) in [6.45, 7) is 2.57. The zero-order valence-corrected chi connectivity index (χ0v) is 12.9. The highest BCUT2D eigenvalue weighted by Crippen LogP contribution is 2.27. The Balaban J connectivity index is 1.98. The van der Waals surface area contributed by atoms with E-state index in [0.29, 0.717) is 11.2 Å². The monoisotopic (exact) mass is 375 g/mol. The van der Waals surface area contributed by atoms with Crippen molar-refractivity contribution in [3.05, 3.63) is 56.6 Å². The lowest BCUT2D eigenvalue weighted by molar-refractivity contribution is 0.445. The average molecular weight is 377 g/mol. The van der Waals surface area contributed by atoms with Crippen LogP contribution >= 0.6 is 31.9 Å². The molecule has 0 bridgehead atoms. The number of hydrogen-bond acceptors (Lipinski definition) is 2. The highest BCUT2D eigenvalue weighted by Gasteiger charge is 2.09. The highest BCUT2D eigenvalue weighted by molar-refractivity contribution is 9.13. The summed E-state index contributed by atoms with van der Waals surface area (Å²) in [6.07, 6.45) is 0. The van der Waals surface area contributed by atoms with Crippen LogP contribution in [-0.2, 0) is 6.54 Å². The van der Waals surface area contributed by atoms with Gasteiger partial charge in [-0.2, -0.15) is 0 Å². The molecule has 1 N–H and O–H groups in total. The van der Waals surface area contributed by atoms with Gasteiger partial charge in [-0.05, 0) is 62.5 Å². The molecular formula is C13H12Br2FNO. The minimum atomic E-state index is -0.218. The van der Waals surface area contributed by atoms with Gasteiger partial charge in [-0.25, -0.2) is 4.39 Å². The van der Waals surface area contributed by atoms with E-state index in [2.05, 4.69) is 37.2 Å². The maximum absolute atomic E-state index is 13.1. The van der Waals surface area contributed by atoms with Crippen LogP contribution in [0.2, 0.25) is 0 Å². The normalized spacial score (nSPS) is 12.7. The number of hydrogen-bond donors (Lipinski definition) is 1. The standard InChI is InChI=1S/C13H12Br2FNO/c1-8(9-3-2-4-10(16)5-9)17-7-11-6-12(14)13(15)18-11/h2-6,8,17H,7H2,1H3. The van der Waals surface area contributed by atoms with Crippen molar-refractivity contribution < 1.29 is 8.81 Å². The first kappa shape index (κ1) is 13.8. The van der Waals surface area contributed by atoms with Gasteiger partial charge in [0, 0.05) is 6.04 Å². The lowest BCUT2D eigenvalue weighted by Gasteiger charge is -2.13. The molecule has 0 spiro atoms. The summed E-state index contributed by atoms with van der Waals surface area (Å²) < 4.78 is 20.1. The number of furan rings is 1. The van der Waals surface area contributed by atoms with Gasteiger partial charge < -0.3 is 9.73 Å². The lowest BCUT2D eigenvalue weighted by Crippen LogP contribution is -2.17. The summed E-state index contributed by atoms with van der Waals surface area (Å²) in [4.78, 5) is 0. The van der Waals surface area contributed by atoms with Crippen LogP contribution in [0.4, 0.5) is 4.39 Å². The molecule has 0 radical (unpaired) electrons. The van der Waals surface area contributed by atoms with E-state index in [1.807, 2.05) is 19.1 Å². The van der Waals surface area contributed by atoms with Gasteiger partial charge in [0.1, 0.15) is 11.6 Å². The molecule has 2 nitrogen and oxygen atoms in total. The van der Waals surface area contributed by atoms with E-state index >= 15 is 0 Å². The van der Waals surface area contributed by atoms with Crippen molar-refractivity contribution in [3.8, 4) is 0 Å². The van der Waals surface area contributed by atoms with Crippen molar-refractivity contribution in [2.24, 2.45) is 0 Å². The van der Waals surface area contributed by atoms with E-state index in [9.17, 15) is 4.39 Å². The second-order valence-corrected chi connectivity index (χ2v) is 5.57. The van der Waals surface area contributed by atoms with Crippen LogP contribution in [0.5, 0.6) is 0 Å². The average Bonchev–Trinajstić information content (AvgIpc) is 2.66. The summed E-state index contributed by atoms with van der Waals surface area (Å²) in [7, 11) is 0. The van der Waals surface area contributed by atoms with Crippen molar-refractivity contribution in [3.63, 3.8) is 0 Å². The molecule has 1 aromatic carbocycles. The van der Waals surface area contributed by atoms with E-state index in [1.165, 1.54) is 12.1 Å². The van der Waals surface area contributed by atoms with Crippen molar-refractivity contribution in [2.75, 3.05) is 0 Å². The topological polar surface area (TPSA) is 25.2 Å². The molecular weight excluding hydrogens is 365 g/mol. The maximum Gasteiger partial charge on any atom is 0.183 e. The molecule has 18 heavy (non-hydrogen) atoms. The third-order valence-electron chi connectivity index (χ3n) is 2.63. The number of halogens is 3. The molecule has 0 fully saturated rings. The van der Waals surface area contributed by atoms with Gasteiger partial charge in [0.25, 0.3) is 0 Å². The minimum Gasteiger partial charge on any atom is -0.452 e. The van der Waals surface area contributed by atoms with E-state index in [1.54, 1.807) is 6.07 Å². The molecule has 1 atom stereocenters. The Morgan fingerprint density at radius 3 is 2.72 bits per heavy atom. The summed E-state index contributed by atoms with van der Waals surface area (Å²) in [5.41, 5.74) is 0.916. The third-order valence-corrected chi connectivity index (χ3v) is 4.34. The van der Waals surface area contributed by atoms with Crippen LogP contribution in [0.3, 0.4) is 0 Å². The first-order valence-electron chi connectivity index (χ1n) is 5.49. The van der Waals surface area contributed by atoms with E-state index in [-0.39, 0.29) is 11.9 Å². The second-order valence-electron chi connectivity index (χ2n) is 3.99. The zero-order valence-electron chi connectivity index (χ0n) is 9.71. The lowest BCUT2D eigenvalue weighted by atomic mass is 10.1. The molecule has 0 amide bonds.